The van der Waals surface area contributed by atoms with Crippen molar-refractivity contribution < 1.29 is 27.8 Å². The molecule has 1 amide bonds. The summed E-state index contributed by atoms with van der Waals surface area (Å²) in [6.07, 6.45) is 2.26. The van der Waals surface area contributed by atoms with E-state index in [0.717, 1.165) is 10.6 Å². The van der Waals surface area contributed by atoms with Crippen LogP contribution in [0.1, 0.15) is 19.4 Å². The quantitative estimate of drug-likeness (QED) is 0.460. The molecule has 162 valence electrons. The Morgan fingerprint density at radius 1 is 1.27 bits per heavy atom. The molecule has 10 heteroatoms. The van der Waals surface area contributed by atoms with Crippen molar-refractivity contribution in [2.75, 3.05) is 24.3 Å². The molecule has 0 saturated heterocycles. The molecule has 0 aliphatic rings. The van der Waals surface area contributed by atoms with Crippen LogP contribution >= 0.6 is 0 Å². The molecule has 0 aromatic heterocycles. The molecule has 2 N–H and O–H groups in total. The monoisotopic (exact) mass is 435 g/mol. The molecule has 0 heterocycles. The van der Waals surface area contributed by atoms with Crippen molar-refractivity contribution in [2.45, 2.75) is 19.9 Å². The van der Waals surface area contributed by atoms with Crippen LogP contribution in [0.4, 0.5) is 5.69 Å². The van der Waals surface area contributed by atoms with E-state index in [1.165, 1.54) is 20.2 Å². The summed E-state index contributed by atoms with van der Waals surface area (Å²) in [5, 5.41) is 13.9. The van der Waals surface area contributed by atoms with E-state index in [2.05, 4.69) is 10.5 Å². The topological polar surface area (TPSA) is 118 Å². The van der Waals surface area contributed by atoms with Gasteiger partial charge in [-0.15, -0.1) is 0 Å². The largest absolute Gasteiger partial charge is 0.504 e. The zero-order valence-electron chi connectivity index (χ0n) is 17.2. The van der Waals surface area contributed by atoms with Gasteiger partial charge in [0.1, 0.15) is 11.8 Å². The van der Waals surface area contributed by atoms with Crippen molar-refractivity contribution >= 4 is 27.8 Å². The number of hydrogen-bond acceptors (Lipinski definition) is 7. The third-order valence-electron chi connectivity index (χ3n) is 4.12. The number of phenols is 1. The van der Waals surface area contributed by atoms with Crippen LogP contribution in [0, 0.1) is 0 Å². The van der Waals surface area contributed by atoms with Gasteiger partial charge in [-0.3, -0.25) is 9.10 Å². The normalized spacial score (nSPS) is 12.4. The smallest absolute Gasteiger partial charge is 0.263 e. The summed E-state index contributed by atoms with van der Waals surface area (Å²) in [7, 11) is -2.34. The standard InChI is InChI=1S/C20H25N3O6S/c1-5-29-17-11-9-16(10-12-17)23(30(4,26)27)14(2)20(25)22-21-13-15-7-6-8-18(28-3)19(15)24/h6-14,24H,5H2,1-4H3,(H,22,25)/b21-13-/t14-/m0/s1. The van der Waals surface area contributed by atoms with E-state index in [0.29, 0.717) is 23.6 Å². The summed E-state index contributed by atoms with van der Waals surface area (Å²) in [5.74, 6) is 0.0815. The molecule has 0 bridgehead atoms. The van der Waals surface area contributed by atoms with Gasteiger partial charge in [0, 0.05) is 5.56 Å². The fraction of sp³-hybridized carbons (Fsp3) is 0.300. The molecule has 2 aromatic rings. The van der Waals surface area contributed by atoms with Crippen molar-refractivity contribution in [3.8, 4) is 17.2 Å². The summed E-state index contributed by atoms with van der Waals surface area (Å²) in [5.41, 5.74) is 2.94. The number of hydrogen-bond donors (Lipinski definition) is 2. The van der Waals surface area contributed by atoms with Gasteiger partial charge in [-0.1, -0.05) is 6.07 Å². The van der Waals surface area contributed by atoms with E-state index in [-0.39, 0.29) is 11.5 Å². The molecule has 0 saturated carbocycles. The fourth-order valence-corrected chi connectivity index (χ4v) is 3.91. The number of carbonyl (C=O) groups excluding carboxylic acids is 1. The number of para-hydroxylation sites is 1. The molecule has 9 nitrogen and oxygen atoms in total. The lowest BCUT2D eigenvalue weighted by Crippen LogP contribution is -2.46. The number of anilines is 1. The van der Waals surface area contributed by atoms with E-state index in [9.17, 15) is 18.3 Å². The summed E-state index contributed by atoms with van der Waals surface area (Å²) >= 11 is 0. The number of benzene rings is 2. The third-order valence-corrected chi connectivity index (χ3v) is 5.36. The number of sulfonamides is 1. The van der Waals surface area contributed by atoms with Gasteiger partial charge in [-0.05, 0) is 50.2 Å². The first-order valence-electron chi connectivity index (χ1n) is 9.10. The van der Waals surface area contributed by atoms with Crippen LogP contribution < -0.4 is 19.2 Å². The van der Waals surface area contributed by atoms with Gasteiger partial charge < -0.3 is 14.6 Å². The average Bonchev–Trinajstić information content (AvgIpc) is 2.69. The molecule has 0 radical (unpaired) electrons. The lowest BCUT2D eigenvalue weighted by Gasteiger charge is -2.27. The first-order chi connectivity index (χ1) is 14.2. The van der Waals surface area contributed by atoms with Crippen molar-refractivity contribution in [3.63, 3.8) is 0 Å². The molecule has 0 fully saturated rings. The van der Waals surface area contributed by atoms with E-state index >= 15 is 0 Å². The Kier molecular flexibility index (Phi) is 7.65. The number of nitrogens with one attached hydrogen (secondary N) is 1. The van der Waals surface area contributed by atoms with Gasteiger partial charge in [0.25, 0.3) is 5.91 Å². The van der Waals surface area contributed by atoms with Crippen molar-refractivity contribution in [1.82, 2.24) is 5.43 Å². The van der Waals surface area contributed by atoms with E-state index < -0.39 is 22.0 Å². The van der Waals surface area contributed by atoms with Crippen LogP contribution in [0.15, 0.2) is 47.6 Å². The number of aromatic hydroxyl groups is 1. The minimum atomic E-state index is -3.76. The molecule has 0 unspecified atom stereocenters. The Labute approximate surface area is 176 Å². The summed E-state index contributed by atoms with van der Waals surface area (Å²) < 4.78 is 36.0. The van der Waals surface area contributed by atoms with Crippen LogP contribution in [0.25, 0.3) is 0 Å². The number of phenolic OH excluding ortho intramolecular Hbond substituents is 1. The summed E-state index contributed by atoms with van der Waals surface area (Å²) in [6, 6.07) is 10.1. The predicted octanol–water partition coefficient (Wildman–Crippen LogP) is 2.10. The average molecular weight is 436 g/mol. The van der Waals surface area contributed by atoms with E-state index in [1.807, 2.05) is 6.92 Å². The Balaban J connectivity index is 2.18. The first-order valence-corrected chi connectivity index (χ1v) is 10.9. The first kappa shape index (κ1) is 23.0. The van der Waals surface area contributed by atoms with Crippen LogP contribution in [0.3, 0.4) is 0 Å². The highest BCUT2D eigenvalue weighted by molar-refractivity contribution is 7.92. The SMILES string of the molecule is CCOc1ccc(N([C@@H](C)C(=O)N/N=C\c2cccc(OC)c2O)S(C)(=O)=O)cc1. The zero-order chi connectivity index (χ0) is 22.3. The van der Waals surface area contributed by atoms with Crippen LogP contribution in [-0.2, 0) is 14.8 Å². The molecule has 0 aliphatic carbocycles. The van der Waals surface area contributed by atoms with Crippen LogP contribution in [-0.4, -0.2) is 51.7 Å². The molecular formula is C20H25N3O6S. The maximum absolute atomic E-state index is 12.5. The van der Waals surface area contributed by atoms with Crippen molar-refractivity contribution in [1.29, 1.82) is 0 Å². The molecule has 2 aromatic carbocycles. The minimum Gasteiger partial charge on any atom is -0.504 e. The van der Waals surface area contributed by atoms with Gasteiger partial charge in [0.2, 0.25) is 10.0 Å². The molecular weight excluding hydrogens is 410 g/mol. The number of rotatable bonds is 9. The van der Waals surface area contributed by atoms with Crippen LogP contribution in [0.2, 0.25) is 0 Å². The van der Waals surface area contributed by atoms with Gasteiger partial charge in [0.15, 0.2) is 11.5 Å². The van der Waals surface area contributed by atoms with Crippen molar-refractivity contribution in [3.05, 3.63) is 48.0 Å². The van der Waals surface area contributed by atoms with Gasteiger partial charge in [-0.25, -0.2) is 13.8 Å². The Morgan fingerprint density at radius 3 is 2.50 bits per heavy atom. The highest BCUT2D eigenvalue weighted by atomic mass is 32.2. The predicted molar refractivity (Wildman–Crippen MR) is 115 cm³/mol. The molecule has 0 spiro atoms. The second-order valence-electron chi connectivity index (χ2n) is 6.29. The number of ether oxygens (including phenoxy) is 2. The fourth-order valence-electron chi connectivity index (χ4n) is 2.73. The molecule has 1 atom stereocenters. The highest BCUT2D eigenvalue weighted by Crippen LogP contribution is 2.28. The lowest BCUT2D eigenvalue weighted by molar-refractivity contribution is -0.121. The van der Waals surface area contributed by atoms with Crippen LogP contribution in [0.5, 0.6) is 17.2 Å². The molecule has 2 rings (SSSR count). The number of methoxy groups -OCH3 is 1. The molecule has 0 aliphatic heterocycles. The zero-order valence-corrected chi connectivity index (χ0v) is 18.0. The number of nitrogens with zero attached hydrogens (tertiary/aromatic N) is 2. The van der Waals surface area contributed by atoms with E-state index in [4.69, 9.17) is 9.47 Å². The maximum Gasteiger partial charge on any atom is 0.263 e. The summed E-state index contributed by atoms with van der Waals surface area (Å²) in [4.78, 5) is 12.5. The van der Waals surface area contributed by atoms with Gasteiger partial charge in [-0.2, -0.15) is 5.10 Å². The second-order valence-corrected chi connectivity index (χ2v) is 8.15. The Bertz CT molecular complexity index is 1010. The van der Waals surface area contributed by atoms with Crippen molar-refractivity contribution in [2.24, 2.45) is 5.10 Å². The van der Waals surface area contributed by atoms with Gasteiger partial charge in [0.05, 0.1) is 31.9 Å². The van der Waals surface area contributed by atoms with Gasteiger partial charge >= 0.3 is 0 Å². The molecule has 30 heavy (non-hydrogen) atoms. The summed E-state index contributed by atoms with van der Waals surface area (Å²) in [6.45, 7) is 3.77. The third kappa shape index (κ3) is 5.63. The van der Waals surface area contributed by atoms with E-state index in [1.54, 1.807) is 42.5 Å². The highest BCUT2D eigenvalue weighted by Gasteiger charge is 2.29. The number of carbonyl (C=O) groups is 1. The lowest BCUT2D eigenvalue weighted by atomic mass is 10.2. The Morgan fingerprint density at radius 2 is 1.93 bits per heavy atom. The second kappa shape index (κ2) is 9.97. The minimum absolute atomic E-state index is 0.127. The number of amides is 1. The number of hydrazone groups is 1. The maximum atomic E-state index is 12.5. The Hall–Kier alpha value is -3.27.